The monoisotopic (exact) mass is 422 g/mol. The second-order valence-corrected chi connectivity index (χ2v) is 7.72. The van der Waals surface area contributed by atoms with Gasteiger partial charge in [0.25, 0.3) is 0 Å². The van der Waals surface area contributed by atoms with E-state index in [1.165, 1.54) is 64.1 Å². The van der Waals surface area contributed by atoms with E-state index >= 15 is 0 Å². The number of hydrogen-bond acceptors (Lipinski definition) is 6. The van der Waals surface area contributed by atoms with Gasteiger partial charge in [-0.05, 0) is 65.2 Å². The predicted molar refractivity (Wildman–Crippen MR) is 113 cm³/mol. The van der Waals surface area contributed by atoms with Gasteiger partial charge in [-0.1, -0.05) is 0 Å². The molecule has 1 aromatic heterocycles. The molecule has 0 spiro atoms. The van der Waals surface area contributed by atoms with Crippen LogP contribution in [0.2, 0.25) is 0 Å². The van der Waals surface area contributed by atoms with Gasteiger partial charge in [0, 0.05) is 43.5 Å². The first-order valence-corrected chi connectivity index (χ1v) is 10.7. The van der Waals surface area contributed by atoms with Crippen LogP contribution in [0, 0.1) is 0 Å². The average molecular weight is 423 g/mol. The third kappa shape index (κ3) is 9.41. The molecule has 3 rings (SSSR count). The second kappa shape index (κ2) is 13.0. The van der Waals surface area contributed by atoms with Gasteiger partial charge in [0.2, 0.25) is 5.88 Å². The third-order valence-electron chi connectivity index (χ3n) is 5.19. The number of carbonyl (C=O) groups is 2. The summed E-state index contributed by atoms with van der Waals surface area (Å²) in [5, 5.41) is 20.2. The van der Waals surface area contributed by atoms with Crippen LogP contribution >= 0.6 is 0 Å². The normalized spacial score (nSPS) is 17.6. The van der Waals surface area contributed by atoms with Gasteiger partial charge >= 0.3 is 11.9 Å². The van der Waals surface area contributed by atoms with Crippen molar-refractivity contribution < 1.29 is 24.5 Å². The standard InChI is InChI=1S/C17H30N4O.C4H4O4/c1-19-8-6-10-20(13-12-19)9-4-5-14-22-17-15-16-7-2-3-11-21(16)18-17;5-3(6)1-2-4(7)8/h15H,2-14H2,1H3;1-2H,(H,5,6)(H,7,8). The Morgan fingerprint density at radius 1 is 1.03 bits per heavy atom. The van der Waals surface area contributed by atoms with Crippen molar-refractivity contribution in [1.29, 1.82) is 0 Å². The Bertz CT molecular complexity index is 664. The largest absolute Gasteiger partial charge is 0.478 e. The van der Waals surface area contributed by atoms with Crippen LogP contribution in [0.1, 0.15) is 37.8 Å². The van der Waals surface area contributed by atoms with Gasteiger partial charge in [0.05, 0.1) is 6.61 Å². The highest BCUT2D eigenvalue weighted by Gasteiger charge is 2.13. The average Bonchev–Trinajstić information content (AvgIpc) is 3.01. The lowest BCUT2D eigenvalue weighted by Gasteiger charge is -2.19. The smallest absolute Gasteiger partial charge is 0.328 e. The molecule has 2 aliphatic rings. The number of aliphatic carboxylic acids is 2. The predicted octanol–water partition coefficient (Wildman–Crippen LogP) is 1.73. The van der Waals surface area contributed by atoms with Crippen molar-refractivity contribution in [2.24, 2.45) is 0 Å². The maximum absolute atomic E-state index is 9.55. The summed E-state index contributed by atoms with van der Waals surface area (Å²) in [4.78, 5) is 24.1. The first-order valence-electron chi connectivity index (χ1n) is 10.7. The maximum atomic E-state index is 9.55. The van der Waals surface area contributed by atoms with Crippen molar-refractivity contribution in [3.63, 3.8) is 0 Å². The minimum absolute atomic E-state index is 0.558. The van der Waals surface area contributed by atoms with E-state index in [9.17, 15) is 9.59 Å². The summed E-state index contributed by atoms with van der Waals surface area (Å²) in [6, 6.07) is 2.13. The van der Waals surface area contributed by atoms with Gasteiger partial charge in [-0.25, -0.2) is 9.59 Å². The summed E-state index contributed by atoms with van der Waals surface area (Å²) >= 11 is 0. The molecule has 2 N–H and O–H groups in total. The molecule has 0 aliphatic carbocycles. The Labute approximate surface area is 177 Å². The van der Waals surface area contributed by atoms with Crippen molar-refractivity contribution in [3.05, 3.63) is 23.9 Å². The molecular weight excluding hydrogens is 388 g/mol. The van der Waals surface area contributed by atoms with Gasteiger partial charge in [-0.3, -0.25) is 4.68 Å². The van der Waals surface area contributed by atoms with Gasteiger partial charge in [0.15, 0.2) is 0 Å². The fourth-order valence-corrected chi connectivity index (χ4v) is 3.54. The molecule has 0 unspecified atom stereocenters. The summed E-state index contributed by atoms with van der Waals surface area (Å²) in [7, 11) is 2.22. The molecule has 0 aromatic carbocycles. The first-order chi connectivity index (χ1) is 14.4. The molecule has 0 radical (unpaired) electrons. The number of likely N-dealkylation sites (N-methyl/N-ethyl adjacent to an activating group) is 1. The van der Waals surface area contributed by atoms with Crippen LogP contribution in [0.4, 0.5) is 0 Å². The van der Waals surface area contributed by atoms with Gasteiger partial charge in [0.1, 0.15) is 0 Å². The fourth-order valence-electron chi connectivity index (χ4n) is 3.54. The van der Waals surface area contributed by atoms with E-state index in [0.29, 0.717) is 12.2 Å². The Balaban J connectivity index is 0.000000343. The molecule has 9 heteroatoms. The number of nitrogens with zero attached hydrogens (tertiary/aromatic N) is 4. The van der Waals surface area contributed by atoms with Crippen LogP contribution in [0.15, 0.2) is 18.2 Å². The summed E-state index contributed by atoms with van der Waals surface area (Å²) in [6.45, 7) is 7.97. The van der Waals surface area contributed by atoms with Gasteiger partial charge in [-0.2, -0.15) is 0 Å². The number of rotatable bonds is 8. The van der Waals surface area contributed by atoms with E-state index in [4.69, 9.17) is 14.9 Å². The zero-order chi connectivity index (χ0) is 21.8. The number of aryl methyl sites for hydroxylation is 2. The molecule has 1 fully saturated rings. The number of ether oxygens (including phenoxy) is 1. The Morgan fingerprint density at radius 2 is 1.80 bits per heavy atom. The van der Waals surface area contributed by atoms with E-state index in [-0.39, 0.29) is 0 Å². The topological polar surface area (TPSA) is 108 Å². The van der Waals surface area contributed by atoms with Crippen molar-refractivity contribution in [1.82, 2.24) is 19.6 Å². The number of unbranched alkanes of at least 4 members (excludes halogenated alkanes) is 1. The minimum atomic E-state index is -1.26. The van der Waals surface area contributed by atoms with Crippen molar-refractivity contribution >= 4 is 11.9 Å². The summed E-state index contributed by atoms with van der Waals surface area (Å²) < 4.78 is 7.95. The Hall–Kier alpha value is -2.39. The number of carboxylic acids is 2. The summed E-state index contributed by atoms with van der Waals surface area (Å²) in [6.07, 6.45) is 8.44. The van der Waals surface area contributed by atoms with E-state index < -0.39 is 11.9 Å². The Kier molecular flexibility index (Phi) is 10.4. The fraction of sp³-hybridized carbons (Fsp3) is 0.667. The molecule has 0 saturated carbocycles. The molecule has 168 valence electrons. The van der Waals surface area contributed by atoms with Crippen LogP contribution in [-0.2, 0) is 22.6 Å². The van der Waals surface area contributed by atoms with E-state index in [1.807, 2.05) is 0 Å². The van der Waals surface area contributed by atoms with E-state index in [2.05, 4.69) is 32.7 Å². The van der Waals surface area contributed by atoms with Crippen LogP contribution in [0.5, 0.6) is 5.88 Å². The number of hydrogen-bond donors (Lipinski definition) is 2. The quantitative estimate of drug-likeness (QED) is 0.482. The number of fused-ring (bicyclic) bond motifs is 1. The van der Waals surface area contributed by atoms with Crippen molar-refractivity contribution in [2.75, 3.05) is 46.4 Å². The molecule has 9 nitrogen and oxygen atoms in total. The molecule has 1 aromatic rings. The molecule has 0 bridgehead atoms. The molecule has 30 heavy (non-hydrogen) atoms. The van der Waals surface area contributed by atoms with Crippen LogP contribution in [0.3, 0.4) is 0 Å². The zero-order valence-electron chi connectivity index (χ0n) is 17.8. The molecule has 1 saturated heterocycles. The van der Waals surface area contributed by atoms with Crippen molar-refractivity contribution in [3.8, 4) is 5.88 Å². The Morgan fingerprint density at radius 3 is 2.50 bits per heavy atom. The maximum Gasteiger partial charge on any atom is 0.328 e. The van der Waals surface area contributed by atoms with Crippen LogP contribution in [0.25, 0.3) is 0 Å². The second-order valence-electron chi connectivity index (χ2n) is 7.72. The van der Waals surface area contributed by atoms with E-state index in [1.54, 1.807) is 0 Å². The molecular formula is C21H34N4O5. The van der Waals surface area contributed by atoms with Crippen molar-refractivity contribution in [2.45, 2.75) is 45.1 Å². The zero-order valence-corrected chi connectivity index (χ0v) is 17.8. The highest BCUT2D eigenvalue weighted by atomic mass is 16.5. The van der Waals surface area contributed by atoms with Crippen LogP contribution < -0.4 is 4.74 Å². The number of aromatic nitrogens is 2. The number of carboxylic acid groups (broad SMARTS) is 2. The van der Waals surface area contributed by atoms with E-state index in [0.717, 1.165) is 31.9 Å². The molecule has 3 heterocycles. The highest BCUT2D eigenvalue weighted by Crippen LogP contribution is 2.19. The molecule has 0 atom stereocenters. The lowest BCUT2D eigenvalue weighted by molar-refractivity contribution is -0.134. The highest BCUT2D eigenvalue weighted by molar-refractivity contribution is 5.89. The summed E-state index contributed by atoms with van der Waals surface area (Å²) in [5.41, 5.74) is 1.34. The first kappa shape index (κ1) is 23.9. The summed E-state index contributed by atoms with van der Waals surface area (Å²) in [5.74, 6) is -1.69. The van der Waals surface area contributed by atoms with Gasteiger partial charge in [-0.15, -0.1) is 5.10 Å². The van der Waals surface area contributed by atoms with Crippen LogP contribution in [-0.4, -0.2) is 88.1 Å². The lowest BCUT2D eigenvalue weighted by atomic mass is 10.1. The minimum Gasteiger partial charge on any atom is -0.478 e. The molecule has 2 aliphatic heterocycles. The van der Waals surface area contributed by atoms with Gasteiger partial charge < -0.3 is 24.7 Å². The molecule has 0 amide bonds. The third-order valence-corrected chi connectivity index (χ3v) is 5.19. The SMILES string of the molecule is CN1CCCN(CCCCOc2cc3n(n2)CCCC3)CC1.O=C(O)C=CC(=O)O. The lowest BCUT2D eigenvalue weighted by Crippen LogP contribution is -2.29.